The van der Waals surface area contributed by atoms with Crippen LogP contribution in [0, 0.1) is 12.8 Å². The fourth-order valence-corrected chi connectivity index (χ4v) is 5.95. The number of halogens is 3. The number of amides is 1. The summed E-state index contributed by atoms with van der Waals surface area (Å²) in [5.41, 5.74) is 4.94. The van der Waals surface area contributed by atoms with E-state index >= 15 is 0 Å². The number of carbonyl (C=O) groups excluding carboxylic acids is 2. The molecule has 1 unspecified atom stereocenters. The van der Waals surface area contributed by atoms with Crippen molar-refractivity contribution in [3.8, 4) is 16.9 Å². The number of aryl methyl sites for hydroxylation is 1. The molecule has 3 aromatic rings. The first-order chi connectivity index (χ1) is 21.9. The summed E-state index contributed by atoms with van der Waals surface area (Å²) in [4.78, 5) is 27.8. The minimum absolute atomic E-state index is 0.143. The molecule has 0 aliphatic heterocycles. The van der Waals surface area contributed by atoms with Gasteiger partial charge in [-0.2, -0.15) is 13.2 Å². The van der Waals surface area contributed by atoms with Crippen LogP contribution in [0.1, 0.15) is 77.8 Å². The number of Topliss-reactive ketones (excluding diaryl/α,β-unsaturated/α-hetero) is 1. The number of benzene rings is 3. The largest absolute Gasteiger partial charge is 0.497 e. The fourth-order valence-electron chi connectivity index (χ4n) is 5.95. The minimum atomic E-state index is -4.47. The summed E-state index contributed by atoms with van der Waals surface area (Å²) in [6.45, 7) is 10.3. The molecule has 0 aliphatic carbocycles. The first kappa shape index (κ1) is 36.6. The van der Waals surface area contributed by atoms with Gasteiger partial charge in [0.1, 0.15) is 12.3 Å². The van der Waals surface area contributed by atoms with Gasteiger partial charge in [0, 0.05) is 30.6 Å². The molecule has 0 saturated carbocycles. The van der Waals surface area contributed by atoms with Gasteiger partial charge >= 0.3 is 6.18 Å². The number of nitrogens with zero attached hydrogens (tertiary/aromatic N) is 1. The SMILES string of the molecule is C=c1ccc(C(=O)NCC(F)(F)F)c(CC)/c1=C/CN(C)CC(CCC)CCCC(=O)c1ccc(-c2ccc(OC)cc2C)cc1. The van der Waals surface area contributed by atoms with Crippen molar-refractivity contribution >= 4 is 24.3 Å². The van der Waals surface area contributed by atoms with Crippen molar-refractivity contribution in [2.45, 2.75) is 65.5 Å². The van der Waals surface area contributed by atoms with Gasteiger partial charge in [-0.15, -0.1) is 0 Å². The molecule has 1 atom stereocenters. The van der Waals surface area contributed by atoms with Crippen LogP contribution in [-0.2, 0) is 6.42 Å². The van der Waals surface area contributed by atoms with Crippen LogP contribution < -0.4 is 20.5 Å². The van der Waals surface area contributed by atoms with Crippen molar-refractivity contribution in [1.29, 1.82) is 0 Å². The van der Waals surface area contributed by atoms with Gasteiger partial charge in [0.15, 0.2) is 5.78 Å². The molecular formula is C38H47F3N2O3. The molecule has 0 aromatic heterocycles. The van der Waals surface area contributed by atoms with Crippen LogP contribution in [0.15, 0.2) is 54.6 Å². The zero-order valence-electron chi connectivity index (χ0n) is 27.7. The molecule has 0 spiro atoms. The molecule has 1 N–H and O–H groups in total. The van der Waals surface area contributed by atoms with Crippen molar-refractivity contribution in [1.82, 2.24) is 10.2 Å². The third-order valence-electron chi connectivity index (χ3n) is 8.34. The fraction of sp³-hybridized carbons (Fsp3) is 0.421. The quantitative estimate of drug-likeness (QED) is 0.170. The minimum Gasteiger partial charge on any atom is -0.497 e. The molecule has 0 saturated heterocycles. The highest BCUT2D eigenvalue weighted by atomic mass is 19.4. The maximum atomic E-state index is 13.0. The Balaban J connectivity index is 1.59. The molecule has 0 radical (unpaired) electrons. The predicted octanol–water partition coefficient (Wildman–Crippen LogP) is 7.12. The van der Waals surface area contributed by atoms with E-state index in [2.05, 4.69) is 18.4 Å². The molecule has 1 amide bonds. The Bertz CT molecular complexity index is 1580. The van der Waals surface area contributed by atoms with Crippen LogP contribution in [-0.4, -0.2) is 56.6 Å². The maximum Gasteiger partial charge on any atom is 0.405 e. The number of hydrogen-bond donors (Lipinski definition) is 1. The summed E-state index contributed by atoms with van der Waals surface area (Å²) in [7, 11) is 3.68. The number of nitrogens with one attached hydrogen (secondary N) is 1. The Morgan fingerprint density at radius 1 is 1.04 bits per heavy atom. The molecule has 0 heterocycles. The van der Waals surface area contributed by atoms with Gasteiger partial charge in [-0.3, -0.25) is 9.59 Å². The Kier molecular flexibility index (Phi) is 13.6. The Morgan fingerprint density at radius 3 is 2.37 bits per heavy atom. The van der Waals surface area contributed by atoms with Crippen molar-refractivity contribution < 1.29 is 27.5 Å². The first-order valence-corrected chi connectivity index (χ1v) is 16.0. The van der Waals surface area contributed by atoms with Crippen molar-refractivity contribution in [2.75, 3.05) is 33.8 Å². The summed E-state index contributed by atoms with van der Waals surface area (Å²) in [6.07, 6.45) is 2.34. The van der Waals surface area contributed by atoms with Gasteiger partial charge < -0.3 is 15.0 Å². The van der Waals surface area contributed by atoms with Crippen LogP contribution in [0.25, 0.3) is 23.8 Å². The highest BCUT2D eigenvalue weighted by Crippen LogP contribution is 2.27. The maximum absolute atomic E-state index is 13.0. The molecule has 3 aromatic carbocycles. The van der Waals surface area contributed by atoms with E-state index in [-0.39, 0.29) is 11.3 Å². The zero-order valence-corrected chi connectivity index (χ0v) is 27.7. The summed E-state index contributed by atoms with van der Waals surface area (Å²) < 4.78 is 43.3. The van der Waals surface area contributed by atoms with Gasteiger partial charge in [0.05, 0.1) is 7.11 Å². The topological polar surface area (TPSA) is 58.6 Å². The third kappa shape index (κ3) is 10.6. The molecule has 5 nitrogen and oxygen atoms in total. The number of rotatable bonds is 16. The highest BCUT2D eigenvalue weighted by Gasteiger charge is 2.28. The van der Waals surface area contributed by atoms with Crippen molar-refractivity contribution in [3.05, 3.63) is 87.3 Å². The van der Waals surface area contributed by atoms with E-state index in [0.717, 1.165) is 70.7 Å². The van der Waals surface area contributed by atoms with Crippen LogP contribution in [0.5, 0.6) is 5.75 Å². The summed E-state index contributed by atoms with van der Waals surface area (Å²) in [5.74, 6) is 0.640. The average molecular weight is 637 g/mol. The second-order valence-corrected chi connectivity index (χ2v) is 12.0. The highest BCUT2D eigenvalue weighted by molar-refractivity contribution is 5.96. The van der Waals surface area contributed by atoms with E-state index in [1.807, 2.05) is 74.8 Å². The van der Waals surface area contributed by atoms with Crippen molar-refractivity contribution in [2.24, 2.45) is 5.92 Å². The molecule has 0 fully saturated rings. The summed E-state index contributed by atoms with van der Waals surface area (Å²) in [5, 5.41) is 3.50. The lowest BCUT2D eigenvalue weighted by atomic mass is 9.94. The van der Waals surface area contributed by atoms with Gasteiger partial charge in [0.25, 0.3) is 5.91 Å². The number of hydrogen-bond acceptors (Lipinski definition) is 4. The number of ketones is 1. The van der Waals surface area contributed by atoms with Gasteiger partial charge in [0.2, 0.25) is 0 Å². The molecular weight excluding hydrogens is 589 g/mol. The number of alkyl halides is 3. The van der Waals surface area contributed by atoms with Crippen LogP contribution in [0.2, 0.25) is 0 Å². The van der Waals surface area contributed by atoms with Gasteiger partial charge in [-0.05, 0) is 96.5 Å². The lowest BCUT2D eigenvalue weighted by molar-refractivity contribution is -0.123. The Hall–Kier alpha value is -3.91. The van der Waals surface area contributed by atoms with Crippen LogP contribution >= 0.6 is 0 Å². The molecule has 46 heavy (non-hydrogen) atoms. The molecule has 248 valence electrons. The lowest BCUT2D eigenvalue weighted by Gasteiger charge is -2.23. The van der Waals surface area contributed by atoms with E-state index in [1.54, 1.807) is 19.2 Å². The van der Waals surface area contributed by atoms with E-state index in [0.29, 0.717) is 30.9 Å². The molecule has 0 aliphatic rings. The summed E-state index contributed by atoms with van der Waals surface area (Å²) >= 11 is 0. The van der Waals surface area contributed by atoms with E-state index in [9.17, 15) is 22.8 Å². The zero-order chi connectivity index (χ0) is 33.9. The molecule has 0 bridgehead atoms. The third-order valence-corrected chi connectivity index (χ3v) is 8.34. The normalized spacial score (nSPS) is 12.8. The number of methoxy groups -OCH3 is 1. The van der Waals surface area contributed by atoms with E-state index < -0.39 is 18.6 Å². The Morgan fingerprint density at radius 2 is 1.76 bits per heavy atom. The van der Waals surface area contributed by atoms with Crippen molar-refractivity contribution in [3.63, 3.8) is 0 Å². The number of ether oxygens (including phenoxy) is 1. The average Bonchev–Trinajstić information content (AvgIpc) is 3.02. The molecule has 8 heteroatoms. The van der Waals surface area contributed by atoms with E-state index in [1.165, 1.54) is 0 Å². The first-order valence-electron chi connectivity index (χ1n) is 16.0. The van der Waals surface area contributed by atoms with Gasteiger partial charge in [-0.25, -0.2) is 0 Å². The predicted molar refractivity (Wildman–Crippen MR) is 181 cm³/mol. The van der Waals surface area contributed by atoms with Gasteiger partial charge in [-0.1, -0.05) is 69.3 Å². The smallest absolute Gasteiger partial charge is 0.405 e. The lowest BCUT2D eigenvalue weighted by Crippen LogP contribution is -2.37. The molecule has 3 rings (SSSR count). The second kappa shape index (κ2) is 17.1. The Labute approximate surface area is 271 Å². The number of carbonyl (C=O) groups is 2. The van der Waals surface area contributed by atoms with Crippen LogP contribution in [0.3, 0.4) is 0 Å². The standard InChI is InChI=1S/C38H47F3N2O3/c1-7-10-28(11-9-12-36(44)30-16-14-29(15-17-30)33-20-18-31(46-6)23-27(33)4)24-43(5)22-21-34-26(3)13-19-35(32(34)8-2)37(45)42-25-38(39,40)41/h13-21,23,28H,3,7-12,22,24-25H2,1-2,4-6H3,(H,42,45)/b34-21+. The van der Waals surface area contributed by atoms with Crippen LogP contribution in [0.4, 0.5) is 13.2 Å². The second-order valence-electron chi connectivity index (χ2n) is 12.0. The van der Waals surface area contributed by atoms with E-state index in [4.69, 9.17) is 4.74 Å². The summed E-state index contributed by atoms with van der Waals surface area (Å²) in [6, 6.07) is 17.0. The monoisotopic (exact) mass is 636 g/mol.